The van der Waals surface area contributed by atoms with Crippen LogP contribution in [-0.2, 0) is 11.3 Å². The fraction of sp³-hybridized carbons (Fsp3) is 0.467. The van der Waals surface area contributed by atoms with Crippen molar-refractivity contribution < 1.29 is 9.53 Å². The Kier molecular flexibility index (Phi) is 5.43. The number of aromatic nitrogens is 4. The van der Waals surface area contributed by atoms with Crippen molar-refractivity contribution in [2.75, 3.05) is 7.11 Å². The van der Waals surface area contributed by atoms with Crippen LogP contribution >= 0.6 is 0 Å². The predicted molar refractivity (Wildman–Crippen MR) is 78.7 cm³/mol. The Morgan fingerprint density at radius 1 is 1.24 bits per heavy atom. The minimum Gasteiger partial charge on any atom is -0.464 e. The van der Waals surface area contributed by atoms with Gasteiger partial charge in [0.25, 0.3) is 0 Å². The first kappa shape index (κ1) is 15.2. The summed E-state index contributed by atoms with van der Waals surface area (Å²) in [7, 11) is 1.35. The maximum absolute atomic E-state index is 11.8. The van der Waals surface area contributed by atoms with Gasteiger partial charge in [0.05, 0.1) is 7.11 Å². The van der Waals surface area contributed by atoms with Crippen molar-refractivity contribution in [2.24, 2.45) is 0 Å². The average Bonchev–Trinajstić information content (AvgIpc) is 2.95. The zero-order valence-corrected chi connectivity index (χ0v) is 12.5. The molecule has 0 aliphatic rings. The molecule has 0 bridgehead atoms. The summed E-state index contributed by atoms with van der Waals surface area (Å²) in [4.78, 5) is 15.8. The summed E-state index contributed by atoms with van der Waals surface area (Å²) < 4.78 is 6.56. The largest absolute Gasteiger partial charge is 0.464 e. The van der Waals surface area contributed by atoms with E-state index in [-0.39, 0.29) is 5.69 Å². The van der Waals surface area contributed by atoms with Gasteiger partial charge in [-0.3, -0.25) is 4.98 Å². The van der Waals surface area contributed by atoms with E-state index < -0.39 is 5.97 Å². The van der Waals surface area contributed by atoms with Crippen LogP contribution in [0.2, 0.25) is 0 Å². The van der Waals surface area contributed by atoms with Crippen LogP contribution in [0.4, 0.5) is 0 Å². The number of pyridine rings is 1. The fourth-order valence-corrected chi connectivity index (χ4v) is 2.19. The highest BCUT2D eigenvalue weighted by atomic mass is 16.5. The van der Waals surface area contributed by atoms with Crippen LogP contribution in [0.5, 0.6) is 0 Å². The van der Waals surface area contributed by atoms with E-state index in [0.29, 0.717) is 5.69 Å². The van der Waals surface area contributed by atoms with Gasteiger partial charge in [-0.05, 0) is 18.6 Å². The molecular weight excluding hydrogens is 268 g/mol. The highest BCUT2D eigenvalue weighted by Gasteiger charge is 2.21. The summed E-state index contributed by atoms with van der Waals surface area (Å²) in [5.41, 5.74) is 1.81. The van der Waals surface area contributed by atoms with Crippen molar-refractivity contribution >= 4 is 5.97 Å². The molecule has 0 amide bonds. The topological polar surface area (TPSA) is 69.9 Å². The quantitative estimate of drug-likeness (QED) is 0.578. The average molecular weight is 288 g/mol. The molecule has 0 aliphatic carbocycles. The first-order valence-corrected chi connectivity index (χ1v) is 7.20. The van der Waals surface area contributed by atoms with Crippen molar-refractivity contribution in [3.8, 4) is 11.3 Å². The Morgan fingerprint density at radius 3 is 2.67 bits per heavy atom. The number of nitrogens with zero attached hydrogens (tertiary/aromatic N) is 4. The van der Waals surface area contributed by atoms with Gasteiger partial charge in [-0.15, -0.1) is 5.10 Å². The summed E-state index contributed by atoms with van der Waals surface area (Å²) in [6.45, 7) is 2.91. The molecule has 0 aromatic carbocycles. The van der Waals surface area contributed by atoms with Gasteiger partial charge in [0, 0.05) is 24.5 Å². The van der Waals surface area contributed by atoms with Crippen molar-refractivity contribution in [1.82, 2.24) is 20.0 Å². The molecule has 2 heterocycles. The van der Waals surface area contributed by atoms with Crippen molar-refractivity contribution in [3.05, 3.63) is 30.2 Å². The molecule has 0 saturated carbocycles. The minimum atomic E-state index is -0.471. The van der Waals surface area contributed by atoms with Crippen LogP contribution in [0.1, 0.15) is 43.1 Å². The highest BCUT2D eigenvalue weighted by molar-refractivity contribution is 5.93. The van der Waals surface area contributed by atoms with Crippen LogP contribution in [0.3, 0.4) is 0 Å². The third kappa shape index (κ3) is 3.65. The van der Waals surface area contributed by atoms with Gasteiger partial charge in [0.1, 0.15) is 5.69 Å². The van der Waals surface area contributed by atoms with E-state index in [1.165, 1.54) is 20.0 Å². The lowest BCUT2D eigenvalue weighted by Crippen LogP contribution is -2.07. The van der Waals surface area contributed by atoms with Crippen LogP contribution in [0.15, 0.2) is 24.5 Å². The number of hydrogen-bond acceptors (Lipinski definition) is 5. The van der Waals surface area contributed by atoms with Gasteiger partial charge >= 0.3 is 5.97 Å². The van der Waals surface area contributed by atoms with Gasteiger partial charge in [0.15, 0.2) is 5.69 Å². The van der Waals surface area contributed by atoms with E-state index in [4.69, 9.17) is 4.74 Å². The number of ether oxygens (including phenoxy) is 1. The third-order valence-corrected chi connectivity index (χ3v) is 3.29. The maximum atomic E-state index is 11.8. The minimum absolute atomic E-state index is 0.249. The normalized spacial score (nSPS) is 10.6. The molecule has 2 aromatic heterocycles. The molecule has 0 fully saturated rings. The van der Waals surface area contributed by atoms with E-state index in [0.717, 1.165) is 24.9 Å². The van der Waals surface area contributed by atoms with Gasteiger partial charge in [-0.1, -0.05) is 31.4 Å². The molecule has 0 atom stereocenters. The lowest BCUT2D eigenvalue weighted by Gasteiger charge is -2.07. The highest BCUT2D eigenvalue weighted by Crippen LogP contribution is 2.22. The molecule has 6 nitrogen and oxygen atoms in total. The van der Waals surface area contributed by atoms with E-state index in [1.54, 1.807) is 17.1 Å². The Hall–Kier alpha value is -2.24. The maximum Gasteiger partial charge on any atom is 0.360 e. The number of carbonyl (C=O) groups is 1. The number of methoxy groups -OCH3 is 1. The molecule has 6 heteroatoms. The number of rotatable bonds is 7. The molecule has 0 spiro atoms. The van der Waals surface area contributed by atoms with Crippen LogP contribution in [0, 0.1) is 0 Å². The molecule has 2 aromatic rings. The number of esters is 1. The molecule has 2 rings (SSSR count). The second-order valence-electron chi connectivity index (χ2n) is 4.80. The standard InChI is InChI=1S/C15H20N4O2/c1-3-4-5-6-11-19-14(12-7-9-16-10-8-12)13(17-18-19)15(20)21-2/h7-10H,3-6,11H2,1-2H3. The van der Waals surface area contributed by atoms with Gasteiger partial charge in [-0.2, -0.15) is 0 Å². The zero-order valence-electron chi connectivity index (χ0n) is 12.5. The SMILES string of the molecule is CCCCCCn1nnc(C(=O)OC)c1-c1ccncc1. The van der Waals surface area contributed by atoms with Crippen molar-refractivity contribution in [2.45, 2.75) is 39.2 Å². The zero-order chi connectivity index (χ0) is 15.1. The van der Waals surface area contributed by atoms with Gasteiger partial charge in [-0.25, -0.2) is 9.48 Å². The Bertz CT molecular complexity index is 581. The van der Waals surface area contributed by atoms with Crippen LogP contribution < -0.4 is 0 Å². The molecular formula is C15H20N4O2. The Morgan fingerprint density at radius 2 is 2.00 bits per heavy atom. The number of carbonyl (C=O) groups excluding carboxylic acids is 1. The fourth-order valence-electron chi connectivity index (χ4n) is 2.19. The van der Waals surface area contributed by atoms with Gasteiger partial charge in [0.2, 0.25) is 0 Å². The van der Waals surface area contributed by atoms with Crippen LogP contribution in [0.25, 0.3) is 11.3 Å². The molecule has 0 N–H and O–H groups in total. The number of unbranched alkanes of at least 4 members (excludes halogenated alkanes) is 3. The second-order valence-corrected chi connectivity index (χ2v) is 4.80. The summed E-state index contributed by atoms with van der Waals surface area (Å²) in [6, 6.07) is 3.68. The number of aryl methyl sites for hydroxylation is 1. The van der Waals surface area contributed by atoms with E-state index >= 15 is 0 Å². The van der Waals surface area contributed by atoms with Crippen molar-refractivity contribution in [3.63, 3.8) is 0 Å². The molecule has 112 valence electrons. The first-order valence-electron chi connectivity index (χ1n) is 7.20. The third-order valence-electron chi connectivity index (χ3n) is 3.29. The molecule has 0 radical (unpaired) electrons. The molecule has 0 unspecified atom stereocenters. The van der Waals surface area contributed by atoms with E-state index in [9.17, 15) is 4.79 Å². The van der Waals surface area contributed by atoms with E-state index in [2.05, 4.69) is 22.2 Å². The molecule has 0 saturated heterocycles. The van der Waals surface area contributed by atoms with Crippen LogP contribution in [-0.4, -0.2) is 33.1 Å². The predicted octanol–water partition coefficient (Wildman–Crippen LogP) is 2.71. The monoisotopic (exact) mass is 288 g/mol. The second kappa shape index (κ2) is 7.52. The van der Waals surface area contributed by atoms with Crippen molar-refractivity contribution in [1.29, 1.82) is 0 Å². The van der Waals surface area contributed by atoms with E-state index in [1.807, 2.05) is 12.1 Å². The number of hydrogen-bond donors (Lipinski definition) is 0. The van der Waals surface area contributed by atoms with Gasteiger partial charge < -0.3 is 4.74 Å². The Labute approximate surface area is 124 Å². The first-order chi connectivity index (χ1) is 10.3. The summed E-state index contributed by atoms with van der Waals surface area (Å²) in [6.07, 6.45) is 7.90. The summed E-state index contributed by atoms with van der Waals surface area (Å²) in [5, 5.41) is 8.08. The summed E-state index contributed by atoms with van der Waals surface area (Å²) in [5.74, 6) is -0.471. The smallest absolute Gasteiger partial charge is 0.360 e. The molecule has 21 heavy (non-hydrogen) atoms. The summed E-state index contributed by atoms with van der Waals surface area (Å²) >= 11 is 0. The lowest BCUT2D eigenvalue weighted by atomic mass is 10.1. The Balaban J connectivity index is 2.28. The lowest BCUT2D eigenvalue weighted by molar-refractivity contribution is 0.0595. The molecule has 0 aliphatic heterocycles.